The molecule has 0 unspecified atom stereocenters. The van der Waals surface area contributed by atoms with E-state index in [0.717, 1.165) is 11.1 Å². The molecule has 6 heteroatoms. The van der Waals surface area contributed by atoms with Gasteiger partial charge in [-0.25, -0.2) is 8.42 Å². The second kappa shape index (κ2) is 6.05. The van der Waals surface area contributed by atoms with Crippen LogP contribution in [0.4, 0.5) is 5.69 Å². The van der Waals surface area contributed by atoms with E-state index in [9.17, 15) is 8.42 Å². The molecule has 0 aromatic heterocycles. The van der Waals surface area contributed by atoms with Crippen LogP contribution < -0.4 is 10.5 Å². The van der Waals surface area contributed by atoms with Gasteiger partial charge in [-0.1, -0.05) is 29.8 Å². The molecule has 0 atom stereocenters. The minimum atomic E-state index is -3.70. The normalized spacial score (nSPS) is 11.4. The molecule has 0 aliphatic carbocycles. The van der Waals surface area contributed by atoms with Gasteiger partial charge in [0.05, 0.1) is 15.6 Å². The molecule has 2 rings (SSSR count). The molecular formula is C15H17ClN2O2S. The molecule has 2 aromatic rings. The number of rotatable bonds is 4. The van der Waals surface area contributed by atoms with E-state index in [-0.39, 0.29) is 11.4 Å². The first kappa shape index (κ1) is 15.8. The predicted molar refractivity (Wildman–Crippen MR) is 86.1 cm³/mol. The fourth-order valence-electron chi connectivity index (χ4n) is 1.96. The number of benzene rings is 2. The van der Waals surface area contributed by atoms with Crippen LogP contribution in [0, 0.1) is 13.8 Å². The Kier molecular flexibility index (Phi) is 4.56. The molecule has 0 radical (unpaired) electrons. The van der Waals surface area contributed by atoms with Crippen molar-refractivity contribution in [2.75, 3.05) is 4.72 Å². The number of nitrogens with one attached hydrogen (secondary N) is 1. The molecule has 2 aromatic carbocycles. The van der Waals surface area contributed by atoms with Gasteiger partial charge in [0, 0.05) is 6.54 Å². The van der Waals surface area contributed by atoms with E-state index in [1.165, 1.54) is 0 Å². The summed E-state index contributed by atoms with van der Waals surface area (Å²) >= 11 is 6.07. The maximum Gasteiger partial charge on any atom is 0.262 e. The fraction of sp³-hybridized carbons (Fsp3) is 0.200. The molecule has 0 amide bonds. The molecule has 0 heterocycles. The maximum atomic E-state index is 12.5. The van der Waals surface area contributed by atoms with E-state index >= 15 is 0 Å². The first-order valence-electron chi connectivity index (χ1n) is 6.42. The zero-order chi connectivity index (χ0) is 15.6. The van der Waals surface area contributed by atoms with Crippen molar-refractivity contribution < 1.29 is 8.42 Å². The largest absolute Gasteiger partial charge is 0.326 e. The number of hydrogen-bond donors (Lipinski definition) is 2. The van der Waals surface area contributed by atoms with Crippen LogP contribution in [0.25, 0.3) is 0 Å². The Morgan fingerprint density at radius 2 is 1.86 bits per heavy atom. The van der Waals surface area contributed by atoms with E-state index in [4.69, 9.17) is 17.3 Å². The highest BCUT2D eigenvalue weighted by atomic mass is 35.5. The van der Waals surface area contributed by atoms with Gasteiger partial charge in [-0.15, -0.1) is 0 Å². The number of halogens is 1. The quantitative estimate of drug-likeness (QED) is 0.907. The second-order valence-electron chi connectivity index (χ2n) is 4.89. The molecule has 3 N–H and O–H groups in total. The molecule has 4 nitrogen and oxygen atoms in total. The van der Waals surface area contributed by atoms with Crippen molar-refractivity contribution in [1.82, 2.24) is 0 Å². The van der Waals surface area contributed by atoms with Crippen molar-refractivity contribution in [3.05, 3.63) is 58.1 Å². The monoisotopic (exact) mass is 324 g/mol. The molecule has 0 spiro atoms. The van der Waals surface area contributed by atoms with Gasteiger partial charge in [0.15, 0.2) is 0 Å². The summed E-state index contributed by atoms with van der Waals surface area (Å²) in [5.74, 6) is 0. The number of anilines is 1. The molecule has 0 fully saturated rings. The van der Waals surface area contributed by atoms with E-state index in [1.807, 2.05) is 13.0 Å². The average Bonchev–Trinajstić information content (AvgIpc) is 2.42. The van der Waals surface area contributed by atoms with Crippen LogP contribution >= 0.6 is 11.6 Å². The van der Waals surface area contributed by atoms with Crippen molar-refractivity contribution in [1.29, 1.82) is 0 Å². The van der Waals surface area contributed by atoms with Gasteiger partial charge in [0.1, 0.15) is 0 Å². The van der Waals surface area contributed by atoms with Crippen LogP contribution in [-0.4, -0.2) is 8.42 Å². The summed E-state index contributed by atoms with van der Waals surface area (Å²) in [7, 11) is -3.70. The highest BCUT2D eigenvalue weighted by Crippen LogP contribution is 2.26. The Balaban J connectivity index is 2.43. The summed E-state index contributed by atoms with van der Waals surface area (Å²) in [5.41, 5.74) is 8.31. The van der Waals surface area contributed by atoms with Gasteiger partial charge in [0.2, 0.25) is 0 Å². The lowest BCUT2D eigenvalue weighted by atomic mass is 10.1. The molecule has 21 heavy (non-hydrogen) atoms. The van der Waals surface area contributed by atoms with E-state index in [1.54, 1.807) is 37.3 Å². The lowest BCUT2D eigenvalue weighted by Gasteiger charge is -2.13. The van der Waals surface area contributed by atoms with Crippen LogP contribution in [0.2, 0.25) is 5.02 Å². The van der Waals surface area contributed by atoms with Crippen LogP contribution in [0.3, 0.4) is 0 Å². The SMILES string of the molecule is Cc1ccc(NS(=O)(=O)c2cc(CN)ccc2C)c(Cl)c1. The number of aryl methyl sites for hydroxylation is 2. The van der Waals surface area contributed by atoms with Gasteiger partial charge < -0.3 is 5.73 Å². The third-order valence-electron chi connectivity index (χ3n) is 3.15. The minimum absolute atomic E-state index is 0.210. The van der Waals surface area contributed by atoms with E-state index in [2.05, 4.69) is 4.72 Å². The third kappa shape index (κ3) is 3.56. The lowest BCUT2D eigenvalue weighted by molar-refractivity contribution is 0.600. The molecule has 0 aliphatic rings. The molecule has 0 aliphatic heterocycles. The summed E-state index contributed by atoms with van der Waals surface area (Å²) < 4.78 is 27.6. The van der Waals surface area contributed by atoms with Crippen molar-refractivity contribution >= 4 is 27.3 Å². The zero-order valence-corrected chi connectivity index (χ0v) is 13.4. The first-order valence-corrected chi connectivity index (χ1v) is 8.28. The lowest BCUT2D eigenvalue weighted by Crippen LogP contribution is -2.15. The van der Waals surface area contributed by atoms with Crippen molar-refractivity contribution in [3.8, 4) is 0 Å². The molecule has 0 saturated heterocycles. The Hall–Kier alpha value is -1.56. The molecule has 0 bridgehead atoms. The molecular weight excluding hydrogens is 308 g/mol. The van der Waals surface area contributed by atoms with Gasteiger partial charge in [-0.3, -0.25) is 4.72 Å². The molecule has 112 valence electrons. The van der Waals surface area contributed by atoms with Crippen molar-refractivity contribution in [3.63, 3.8) is 0 Å². The predicted octanol–water partition coefficient (Wildman–Crippen LogP) is 3.22. The highest BCUT2D eigenvalue weighted by Gasteiger charge is 2.18. The first-order chi connectivity index (χ1) is 9.83. The minimum Gasteiger partial charge on any atom is -0.326 e. The fourth-order valence-corrected chi connectivity index (χ4v) is 3.68. The van der Waals surface area contributed by atoms with Crippen LogP contribution in [0.1, 0.15) is 16.7 Å². The summed E-state index contributed by atoms with van der Waals surface area (Å²) in [6, 6.07) is 10.3. The van der Waals surface area contributed by atoms with Gasteiger partial charge in [-0.05, 0) is 48.7 Å². The standard InChI is InChI=1S/C15H17ClN2O2S/c1-10-3-6-14(13(16)7-10)18-21(19,20)15-8-12(9-17)5-4-11(15)2/h3-8,18H,9,17H2,1-2H3. The second-order valence-corrected chi connectivity index (χ2v) is 6.95. The number of sulfonamides is 1. The Morgan fingerprint density at radius 1 is 1.14 bits per heavy atom. The van der Waals surface area contributed by atoms with E-state index < -0.39 is 10.0 Å². The molecule has 0 saturated carbocycles. The van der Waals surface area contributed by atoms with E-state index in [0.29, 0.717) is 16.3 Å². The highest BCUT2D eigenvalue weighted by molar-refractivity contribution is 7.92. The Bertz CT molecular complexity index is 773. The Morgan fingerprint density at radius 3 is 2.48 bits per heavy atom. The van der Waals surface area contributed by atoms with Gasteiger partial charge in [-0.2, -0.15) is 0 Å². The summed E-state index contributed by atoms with van der Waals surface area (Å²) in [5, 5.41) is 0.367. The smallest absolute Gasteiger partial charge is 0.262 e. The maximum absolute atomic E-state index is 12.5. The summed E-state index contributed by atoms with van der Waals surface area (Å²) in [6.07, 6.45) is 0. The average molecular weight is 325 g/mol. The Labute approximate surface area is 130 Å². The summed E-state index contributed by atoms with van der Waals surface area (Å²) in [4.78, 5) is 0.210. The van der Waals surface area contributed by atoms with Crippen LogP contribution in [-0.2, 0) is 16.6 Å². The van der Waals surface area contributed by atoms with Crippen LogP contribution in [0.5, 0.6) is 0 Å². The number of hydrogen-bond acceptors (Lipinski definition) is 3. The van der Waals surface area contributed by atoms with Crippen LogP contribution in [0.15, 0.2) is 41.3 Å². The number of nitrogens with two attached hydrogens (primary N) is 1. The van der Waals surface area contributed by atoms with Gasteiger partial charge in [0.25, 0.3) is 10.0 Å². The van der Waals surface area contributed by atoms with Gasteiger partial charge >= 0.3 is 0 Å². The third-order valence-corrected chi connectivity index (χ3v) is 4.97. The summed E-state index contributed by atoms with van der Waals surface area (Å²) in [6.45, 7) is 3.92. The van der Waals surface area contributed by atoms with Crippen molar-refractivity contribution in [2.24, 2.45) is 5.73 Å². The zero-order valence-electron chi connectivity index (χ0n) is 11.9. The topological polar surface area (TPSA) is 72.2 Å². The van der Waals surface area contributed by atoms with Crippen molar-refractivity contribution in [2.45, 2.75) is 25.3 Å².